The van der Waals surface area contributed by atoms with Gasteiger partial charge in [-0.3, -0.25) is 0 Å². The number of allylic oxidation sites excluding steroid dienone is 3. The third-order valence-electron chi connectivity index (χ3n) is 2.03. The molecule has 0 bridgehead atoms. The average Bonchev–Trinajstić information content (AvgIpc) is 2.04. The molecule has 0 heterocycles. The molecule has 0 aromatic heterocycles. The van der Waals surface area contributed by atoms with E-state index in [1.807, 2.05) is 6.08 Å². The minimum atomic E-state index is 0.169. The first kappa shape index (κ1) is 11.4. The Bertz CT molecular complexity index is 166. The van der Waals surface area contributed by atoms with Crippen molar-refractivity contribution in [2.24, 2.45) is 0 Å². The molecule has 0 aromatic rings. The van der Waals surface area contributed by atoms with E-state index in [-0.39, 0.29) is 6.61 Å². The Balaban J connectivity index is 3.62. The molecule has 0 aromatic carbocycles. The third kappa shape index (κ3) is 6.17. The van der Waals surface area contributed by atoms with Gasteiger partial charge < -0.3 is 5.11 Å². The second kappa shape index (κ2) is 7.11. The highest BCUT2D eigenvalue weighted by Crippen LogP contribution is 2.07. The van der Waals surface area contributed by atoms with Gasteiger partial charge in [-0.05, 0) is 33.1 Å². The maximum Gasteiger partial charge on any atom is 0.0614 e. The number of rotatable bonds is 5. The second-order valence-corrected chi connectivity index (χ2v) is 3.18. The molecule has 0 fully saturated rings. The summed E-state index contributed by atoms with van der Waals surface area (Å²) in [6, 6.07) is 0. The van der Waals surface area contributed by atoms with Gasteiger partial charge in [0, 0.05) is 0 Å². The number of aliphatic hydroxyl groups is 1. The fourth-order valence-corrected chi connectivity index (χ4v) is 0.948. The summed E-state index contributed by atoms with van der Waals surface area (Å²) in [5, 5.41) is 8.60. The molecular weight excluding hydrogens is 148 g/mol. The molecule has 0 rings (SSSR count). The fraction of sp³-hybridized carbons (Fsp3) is 0.636. The van der Waals surface area contributed by atoms with E-state index in [1.54, 1.807) is 0 Å². The van der Waals surface area contributed by atoms with Crippen molar-refractivity contribution in [2.45, 2.75) is 40.0 Å². The van der Waals surface area contributed by atoms with Crippen LogP contribution in [0.25, 0.3) is 0 Å². The van der Waals surface area contributed by atoms with E-state index in [9.17, 15) is 0 Å². The first-order valence-electron chi connectivity index (χ1n) is 4.62. The Morgan fingerprint density at radius 2 is 1.83 bits per heavy atom. The Labute approximate surface area is 75.8 Å². The zero-order chi connectivity index (χ0) is 9.40. The third-order valence-corrected chi connectivity index (χ3v) is 2.03. The van der Waals surface area contributed by atoms with Crippen molar-refractivity contribution in [1.82, 2.24) is 0 Å². The van der Waals surface area contributed by atoms with E-state index < -0.39 is 0 Å². The minimum Gasteiger partial charge on any atom is -0.392 e. The van der Waals surface area contributed by atoms with Gasteiger partial charge in [0.05, 0.1) is 6.61 Å². The van der Waals surface area contributed by atoms with Crippen LogP contribution in [0, 0.1) is 0 Å². The molecule has 0 radical (unpaired) electrons. The molecule has 70 valence electrons. The Morgan fingerprint density at radius 3 is 2.33 bits per heavy atom. The predicted octanol–water partition coefficient (Wildman–Crippen LogP) is 3.06. The van der Waals surface area contributed by atoms with Gasteiger partial charge in [0.25, 0.3) is 0 Å². The summed E-state index contributed by atoms with van der Waals surface area (Å²) in [4.78, 5) is 0. The summed E-state index contributed by atoms with van der Waals surface area (Å²) >= 11 is 0. The lowest BCUT2D eigenvalue weighted by atomic mass is 10.1. The van der Waals surface area contributed by atoms with Crippen LogP contribution in [-0.4, -0.2) is 11.7 Å². The summed E-state index contributed by atoms with van der Waals surface area (Å²) in [7, 11) is 0. The van der Waals surface area contributed by atoms with E-state index >= 15 is 0 Å². The van der Waals surface area contributed by atoms with Gasteiger partial charge in [-0.1, -0.05) is 30.2 Å². The van der Waals surface area contributed by atoms with Gasteiger partial charge in [-0.15, -0.1) is 0 Å². The largest absolute Gasteiger partial charge is 0.392 e. The topological polar surface area (TPSA) is 20.2 Å². The second-order valence-electron chi connectivity index (χ2n) is 3.18. The summed E-state index contributed by atoms with van der Waals surface area (Å²) < 4.78 is 0. The van der Waals surface area contributed by atoms with E-state index in [2.05, 4.69) is 26.8 Å². The first-order chi connectivity index (χ1) is 5.70. The molecule has 1 N–H and O–H groups in total. The maximum absolute atomic E-state index is 8.60. The quantitative estimate of drug-likeness (QED) is 0.625. The molecule has 0 atom stereocenters. The lowest BCUT2D eigenvalue weighted by molar-refractivity contribution is 0.341. The first-order valence-corrected chi connectivity index (χ1v) is 4.62. The molecule has 0 aliphatic rings. The van der Waals surface area contributed by atoms with Gasteiger partial charge in [-0.25, -0.2) is 0 Å². The monoisotopic (exact) mass is 168 g/mol. The normalized spacial score (nSPS) is 13.7. The van der Waals surface area contributed by atoms with Crippen LogP contribution in [0.1, 0.15) is 40.0 Å². The van der Waals surface area contributed by atoms with Crippen molar-refractivity contribution in [1.29, 1.82) is 0 Å². The molecule has 0 aliphatic heterocycles. The van der Waals surface area contributed by atoms with Gasteiger partial charge in [-0.2, -0.15) is 0 Å². The molecular formula is C11H20O. The summed E-state index contributed by atoms with van der Waals surface area (Å²) in [5.41, 5.74) is 2.73. The summed E-state index contributed by atoms with van der Waals surface area (Å²) in [6.45, 7) is 6.56. The van der Waals surface area contributed by atoms with Crippen LogP contribution < -0.4 is 0 Å². The highest BCUT2D eigenvalue weighted by molar-refractivity contribution is 5.03. The highest BCUT2D eigenvalue weighted by atomic mass is 16.2. The van der Waals surface area contributed by atoms with Crippen LogP contribution in [-0.2, 0) is 0 Å². The lowest BCUT2D eigenvalue weighted by Gasteiger charge is -1.98. The van der Waals surface area contributed by atoms with E-state index in [0.717, 1.165) is 19.3 Å². The minimum absolute atomic E-state index is 0.169. The van der Waals surface area contributed by atoms with Gasteiger partial charge >= 0.3 is 0 Å². The standard InChI is InChI=1S/C11H20O/c1-4-10(2)6-5-7-11(3)8-9-12/h6,8,12H,4-5,7,9H2,1-3H3/b10-6?,11-8+. The summed E-state index contributed by atoms with van der Waals surface area (Å²) in [6.07, 6.45) is 7.45. The fourth-order valence-electron chi connectivity index (χ4n) is 0.948. The Hall–Kier alpha value is -0.560. The predicted molar refractivity (Wildman–Crippen MR) is 54.1 cm³/mol. The molecule has 1 nitrogen and oxygen atoms in total. The highest BCUT2D eigenvalue weighted by Gasteiger charge is 1.88. The van der Waals surface area contributed by atoms with Crippen LogP contribution in [0.2, 0.25) is 0 Å². The molecule has 0 saturated heterocycles. The van der Waals surface area contributed by atoms with E-state index in [4.69, 9.17) is 5.11 Å². The Morgan fingerprint density at radius 1 is 1.17 bits per heavy atom. The van der Waals surface area contributed by atoms with E-state index in [0.29, 0.717) is 0 Å². The summed E-state index contributed by atoms with van der Waals surface area (Å²) in [5.74, 6) is 0. The molecule has 1 heteroatoms. The van der Waals surface area contributed by atoms with Crippen LogP contribution in [0.15, 0.2) is 23.3 Å². The van der Waals surface area contributed by atoms with Crippen molar-refractivity contribution in [3.63, 3.8) is 0 Å². The van der Waals surface area contributed by atoms with Crippen LogP contribution >= 0.6 is 0 Å². The number of hydrogen-bond acceptors (Lipinski definition) is 1. The molecule has 0 amide bonds. The zero-order valence-electron chi connectivity index (χ0n) is 8.43. The van der Waals surface area contributed by atoms with Crippen molar-refractivity contribution in [3.8, 4) is 0 Å². The smallest absolute Gasteiger partial charge is 0.0614 e. The lowest BCUT2D eigenvalue weighted by Crippen LogP contribution is -1.81. The number of hydrogen-bond donors (Lipinski definition) is 1. The maximum atomic E-state index is 8.60. The van der Waals surface area contributed by atoms with Crippen LogP contribution in [0.5, 0.6) is 0 Å². The Kier molecular flexibility index (Phi) is 6.78. The zero-order valence-corrected chi connectivity index (χ0v) is 8.43. The number of aliphatic hydroxyl groups excluding tert-OH is 1. The van der Waals surface area contributed by atoms with Crippen LogP contribution in [0.3, 0.4) is 0 Å². The van der Waals surface area contributed by atoms with Gasteiger partial charge in [0.15, 0.2) is 0 Å². The van der Waals surface area contributed by atoms with Crippen LogP contribution in [0.4, 0.5) is 0 Å². The van der Waals surface area contributed by atoms with Crippen molar-refractivity contribution < 1.29 is 5.11 Å². The molecule has 0 unspecified atom stereocenters. The van der Waals surface area contributed by atoms with E-state index in [1.165, 1.54) is 11.1 Å². The molecule has 0 spiro atoms. The molecule has 0 saturated carbocycles. The SMILES string of the molecule is CCC(C)=CCC/C(C)=C/CO. The van der Waals surface area contributed by atoms with Crippen molar-refractivity contribution in [3.05, 3.63) is 23.3 Å². The van der Waals surface area contributed by atoms with Crippen molar-refractivity contribution in [2.75, 3.05) is 6.61 Å². The van der Waals surface area contributed by atoms with Gasteiger partial charge in [0.1, 0.15) is 0 Å². The van der Waals surface area contributed by atoms with Gasteiger partial charge in [0.2, 0.25) is 0 Å². The average molecular weight is 168 g/mol. The molecule has 12 heavy (non-hydrogen) atoms. The molecule has 0 aliphatic carbocycles. The van der Waals surface area contributed by atoms with Crippen molar-refractivity contribution >= 4 is 0 Å².